The van der Waals surface area contributed by atoms with E-state index in [1.165, 1.54) is 23.4 Å². The standard InChI is InChI=1S/C10H11ClN4O4/c11-3-4-13-5-6-14(10(13)16)12-7-8-1-2-9(19-8)15(17)18/h1-2,7H,3-6H2. The Labute approximate surface area is 113 Å². The highest BCUT2D eigenvalue weighted by Gasteiger charge is 2.27. The van der Waals surface area contributed by atoms with Crippen LogP contribution < -0.4 is 0 Å². The molecule has 2 amide bonds. The predicted octanol–water partition coefficient (Wildman–Crippen LogP) is 1.50. The summed E-state index contributed by atoms with van der Waals surface area (Å²) in [6.07, 6.45) is 1.27. The van der Waals surface area contributed by atoms with Crippen molar-refractivity contribution in [2.24, 2.45) is 5.10 Å². The number of hydrogen-bond acceptors (Lipinski definition) is 5. The summed E-state index contributed by atoms with van der Waals surface area (Å²) in [6.45, 7) is 1.48. The van der Waals surface area contributed by atoms with E-state index in [9.17, 15) is 14.9 Å². The molecule has 1 aliphatic heterocycles. The van der Waals surface area contributed by atoms with Crippen molar-refractivity contribution in [2.45, 2.75) is 0 Å². The maximum Gasteiger partial charge on any atom is 0.433 e. The van der Waals surface area contributed by atoms with Gasteiger partial charge in [0.1, 0.15) is 4.92 Å². The molecule has 2 heterocycles. The number of nitro groups is 1. The van der Waals surface area contributed by atoms with Crippen LogP contribution in [-0.2, 0) is 0 Å². The Morgan fingerprint density at radius 1 is 1.53 bits per heavy atom. The van der Waals surface area contributed by atoms with Crippen LogP contribution in [0.1, 0.15) is 5.76 Å². The lowest BCUT2D eigenvalue weighted by Crippen LogP contribution is -2.30. The van der Waals surface area contributed by atoms with E-state index >= 15 is 0 Å². The van der Waals surface area contributed by atoms with E-state index in [-0.39, 0.29) is 17.7 Å². The normalized spacial score (nSPS) is 15.7. The number of nitrogens with zero attached hydrogens (tertiary/aromatic N) is 4. The van der Waals surface area contributed by atoms with Crippen molar-refractivity contribution >= 4 is 29.7 Å². The Kier molecular flexibility index (Phi) is 4.00. The molecule has 0 radical (unpaired) electrons. The van der Waals surface area contributed by atoms with Crippen LogP contribution in [0.3, 0.4) is 0 Å². The molecule has 2 rings (SSSR count). The number of carbonyl (C=O) groups excluding carboxylic acids is 1. The number of rotatable bonds is 5. The summed E-state index contributed by atoms with van der Waals surface area (Å²) < 4.78 is 4.89. The van der Waals surface area contributed by atoms with E-state index in [1.807, 2.05) is 0 Å². The van der Waals surface area contributed by atoms with Crippen LogP contribution in [0.5, 0.6) is 0 Å². The van der Waals surface area contributed by atoms with Gasteiger partial charge >= 0.3 is 11.9 Å². The van der Waals surface area contributed by atoms with Gasteiger partial charge in [-0.25, -0.2) is 9.80 Å². The topological polar surface area (TPSA) is 92.2 Å². The van der Waals surface area contributed by atoms with E-state index in [0.717, 1.165) is 0 Å². The zero-order valence-electron chi connectivity index (χ0n) is 9.86. The summed E-state index contributed by atoms with van der Waals surface area (Å²) in [7, 11) is 0. The van der Waals surface area contributed by atoms with Gasteiger partial charge in [0.05, 0.1) is 18.8 Å². The van der Waals surface area contributed by atoms with Gasteiger partial charge in [0.2, 0.25) is 0 Å². The molecule has 19 heavy (non-hydrogen) atoms. The lowest BCUT2D eigenvalue weighted by Gasteiger charge is -2.13. The molecule has 0 bridgehead atoms. The second-order valence-corrected chi connectivity index (χ2v) is 4.14. The first-order chi connectivity index (χ1) is 9.11. The lowest BCUT2D eigenvalue weighted by atomic mass is 10.5. The second-order valence-electron chi connectivity index (χ2n) is 3.76. The van der Waals surface area contributed by atoms with Crippen molar-refractivity contribution in [3.8, 4) is 0 Å². The summed E-state index contributed by atoms with van der Waals surface area (Å²) >= 11 is 5.57. The van der Waals surface area contributed by atoms with Crippen molar-refractivity contribution in [3.63, 3.8) is 0 Å². The maximum absolute atomic E-state index is 11.8. The maximum atomic E-state index is 11.8. The molecule has 1 aromatic heterocycles. The van der Waals surface area contributed by atoms with Crippen LogP contribution in [0.15, 0.2) is 21.7 Å². The summed E-state index contributed by atoms with van der Waals surface area (Å²) in [4.78, 5) is 23.1. The molecule has 102 valence electrons. The average Bonchev–Trinajstić information content (AvgIpc) is 2.97. The van der Waals surface area contributed by atoms with Crippen LogP contribution in [0.25, 0.3) is 0 Å². The highest BCUT2D eigenvalue weighted by Crippen LogP contribution is 2.15. The molecule has 8 nitrogen and oxygen atoms in total. The van der Waals surface area contributed by atoms with Gasteiger partial charge in [0.15, 0.2) is 5.76 Å². The predicted molar refractivity (Wildman–Crippen MR) is 67.4 cm³/mol. The number of amides is 2. The number of furan rings is 1. The monoisotopic (exact) mass is 286 g/mol. The molecular weight excluding hydrogens is 276 g/mol. The highest BCUT2D eigenvalue weighted by atomic mass is 35.5. The minimum atomic E-state index is -0.638. The SMILES string of the molecule is O=C1N(CCCl)CCN1N=Cc1ccc([N+](=O)[O-])o1. The quantitative estimate of drug-likeness (QED) is 0.355. The molecular formula is C10H11ClN4O4. The van der Waals surface area contributed by atoms with Gasteiger partial charge in [0, 0.05) is 19.0 Å². The van der Waals surface area contributed by atoms with Crippen molar-refractivity contribution in [2.75, 3.05) is 25.5 Å². The summed E-state index contributed by atoms with van der Waals surface area (Å²) in [5.41, 5.74) is 0. The molecule has 0 aromatic carbocycles. The summed E-state index contributed by atoms with van der Waals surface area (Å²) in [5, 5.41) is 15.6. The van der Waals surface area contributed by atoms with Gasteiger partial charge in [-0.1, -0.05) is 0 Å². The number of alkyl halides is 1. The van der Waals surface area contributed by atoms with Crippen molar-refractivity contribution in [3.05, 3.63) is 28.0 Å². The van der Waals surface area contributed by atoms with Crippen molar-refractivity contribution in [1.29, 1.82) is 0 Å². The van der Waals surface area contributed by atoms with Crippen LogP contribution in [0.4, 0.5) is 10.7 Å². The fourth-order valence-corrected chi connectivity index (χ4v) is 1.83. The first-order valence-electron chi connectivity index (χ1n) is 5.52. The van der Waals surface area contributed by atoms with Gasteiger partial charge < -0.3 is 9.32 Å². The van der Waals surface area contributed by atoms with Crippen LogP contribution >= 0.6 is 11.6 Å². The molecule has 0 N–H and O–H groups in total. The van der Waals surface area contributed by atoms with E-state index < -0.39 is 4.92 Å². The van der Waals surface area contributed by atoms with Crippen LogP contribution in [0, 0.1) is 10.1 Å². The lowest BCUT2D eigenvalue weighted by molar-refractivity contribution is -0.402. The Morgan fingerprint density at radius 2 is 2.32 bits per heavy atom. The number of carbonyl (C=O) groups is 1. The minimum absolute atomic E-state index is 0.218. The number of hydrogen-bond donors (Lipinski definition) is 0. The first-order valence-corrected chi connectivity index (χ1v) is 6.06. The molecule has 1 aliphatic rings. The van der Waals surface area contributed by atoms with Crippen LogP contribution in [0.2, 0.25) is 0 Å². The Balaban J connectivity index is 1.99. The number of hydrazone groups is 1. The Morgan fingerprint density at radius 3 is 2.95 bits per heavy atom. The van der Waals surface area contributed by atoms with E-state index in [1.54, 1.807) is 4.90 Å². The zero-order chi connectivity index (χ0) is 13.8. The average molecular weight is 287 g/mol. The Bertz CT molecular complexity index is 515. The third kappa shape index (κ3) is 3.02. The van der Waals surface area contributed by atoms with Crippen molar-refractivity contribution in [1.82, 2.24) is 9.91 Å². The van der Waals surface area contributed by atoms with Gasteiger partial charge in [-0.2, -0.15) is 5.10 Å². The van der Waals surface area contributed by atoms with Crippen molar-refractivity contribution < 1.29 is 14.1 Å². The number of urea groups is 1. The molecule has 1 aromatic rings. The molecule has 0 aliphatic carbocycles. The summed E-state index contributed by atoms with van der Waals surface area (Å²) in [6, 6.07) is 2.41. The Hall–Kier alpha value is -2.09. The van der Waals surface area contributed by atoms with E-state index in [2.05, 4.69) is 5.10 Å². The van der Waals surface area contributed by atoms with E-state index in [0.29, 0.717) is 25.5 Å². The fourth-order valence-electron chi connectivity index (χ4n) is 1.62. The van der Waals surface area contributed by atoms with Gasteiger partial charge in [-0.05, 0) is 6.07 Å². The molecule has 1 saturated heterocycles. The molecule has 0 atom stereocenters. The fraction of sp³-hybridized carbons (Fsp3) is 0.400. The summed E-state index contributed by atoms with van der Waals surface area (Å²) in [5.74, 6) is 0.224. The third-order valence-electron chi connectivity index (χ3n) is 2.54. The molecule has 0 unspecified atom stereocenters. The minimum Gasteiger partial charge on any atom is -0.400 e. The molecule has 1 fully saturated rings. The molecule has 0 spiro atoms. The number of halogens is 1. The highest BCUT2D eigenvalue weighted by molar-refractivity contribution is 6.18. The third-order valence-corrected chi connectivity index (χ3v) is 2.71. The first kappa shape index (κ1) is 13.3. The largest absolute Gasteiger partial charge is 0.433 e. The van der Waals surface area contributed by atoms with Gasteiger partial charge in [-0.15, -0.1) is 11.6 Å². The van der Waals surface area contributed by atoms with Crippen LogP contribution in [-0.4, -0.2) is 52.6 Å². The molecule has 0 saturated carbocycles. The smallest absolute Gasteiger partial charge is 0.400 e. The zero-order valence-corrected chi connectivity index (χ0v) is 10.6. The molecule has 9 heteroatoms. The van der Waals surface area contributed by atoms with Gasteiger partial charge in [-0.3, -0.25) is 10.1 Å². The second kappa shape index (κ2) is 5.70. The van der Waals surface area contributed by atoms with E-state index in [4.69, 9.17) is 16.0 Å². The van der Waals surface area contributed by atoms with Gasteiger partial charge in [0.25, 0.3) is 0 Å².